The van der Waals surface area contributed by atoms with Gasteiger partial charge in [0.1, 0.15) is 0 Å². The van der Waals surface area contributed by atoms with Crippen LogP contribution >= 0.6 is 12.2 Å². The lowest BCUT2D eigenvalue weighted by Gasteiger charge is -2.32. The minimum absolute atomic E-state index is 0.0253. The van der Waals surface area contributed by atoms with Gasteiger partial charge in [-0.1, -0.05) is 60.4 Å². The van der Waals surface area contributed by atoms with Crippen LogP contribution in [0.3, 0.4) is 0 Å². The molecule has 1 aliphatic carbocycles. The van der Waals surface area contributed by atoms with Crippen LogP contribution in [0.25, 0.3) is 0 Å². The lowest BCUT2D eigenvalue weighted by atomic mass is 9.88. The highest BCUT2D eigenvalue weighted by molar-refractivity contribution is 7.80. The molecular formula is C20H24N2S. The van der Waals surface area contributed by atoms with Crippen LogP contribution in [-0.4, -0.2) is 5.11 Å². The van der Waals surface area contributed by atoms with Crippen LogP contribution in [0.4, 0.5) is 5.69 Å². The van der Waals surface area contributed by atoms with Crippen LogP contribution < -0.4 is 10.6 Å². The summed E-state index contributed by atoms with van der Waals surface area (Å²) < 4.78 is 0. The zero-order valence-corrected chi connectivity index (χ0v) is 14.7. The predicted octanol–water partition coefficient (Wildman–Crippen LogP) is 5.06. The Hall–Kier alpha value is -1.87. The summed E-state index contributed by atoms with van der Waals surface area (Å²) in [6.07, 6.45) is 4.75. The second-order valence-corrected chi connectivity index (χ2v) is 7.01. The predicted molar refractivity (Wildman–Crippen MR) is 102 cm³/mol. The van der Waals surface area contributed by atoms with Crippen LogP contribution in [-0.2, 0) is 5.54 Å². The van der Waals surface area contributed by atoms with Crippen LogP contribution in [0.1, 0.15) is 42.4 Å². The third-order valence-electron chi connectivity index (χ3n) is 4.72. The van der Waals surface area contributed by atoms with Gasteiger partial charge in [-0.2, -0.15) is 0 Å². The van der Waals surface area contributed by atoms with Gasteiger partial charge in [-0.05, 0) is 56.6 Å². The van der Waals surface area contributed by atoms with Crippen molar-refractivity contribution in [3.63, 3.8) is 0 Å². The highest BCUT2D eigenvalue weighted by Crippen LogP contribution is 2.38. The number of hydrogen-bond donors (Lipinski definition) is 2. The first-order valence-electron chi connectivity index (χ1n) is 8.30. The van der Waals surface area contributed by atoms with Gasteiger partial charge in [-0.25, -0.2) is 0 Å². The molecular weight excluding hydrogens is 300 g/mol. The number of thiocarbonyl (C=S) groups is 1. The minimum Gasteiger partial charge on any atom is -0.353 e. The third kappa shape index (κ3) is 3.73. The second-order valence-electron chi connectivity index (χ2n) is 6.60. The highest BCUT2D eigenvalue weighted by Gasteiger charge is 2.36. The van der Waals surface area contributed by atoms with Crippen molar-refractivity contribution in [2.45, 2.75) is 45.1 Å². The van der Waals surface area contributed by atoms with Crippen molar-refractivity contribution < 1.29 is 0 Å². The Labute approximate surface area is 144 Å². The molecule has 0 atom stereocenters. The van der Waals surface area contributed by atoms with Crippen molar-refractivity contribution in [2.24, 2.45) is 0 Å². The van der Waals surface area contributed by atoms with Crippen molar-refractivity contribution >= 4 is 23.0 Å². The fourth-order valence-corrected chi connectivity index (χ4v) is 3.67. The van der Waals surface area contributed by atoms with E-state index in [4.69, 9.17) is 12.2 Å². The van der Waals surface area contributed by atoms with Crippen molar-refractivity contribution in [3.8, 4) is 0 Å². The number of rotatable bonds is 3. The van der Waals surface area contributed by atoms with E-state index in [1.165, 1.54) is 29.5 Å². The van der Waals surface area contributed by atoms with Gasteiger partial charge in [0.2, 0.25) is 0 Å². The summed E-state index contributed by atoms with van der Waals surface area (Å²) in [5.74, 6) is 0. The van der Waals surface area contributed by atoms with E-state index in [0.29, 0.717) is 5.11 Å². The molecule has 23 heavy (non-hydrogen) atoms. The summed E-state index contributed by atoms with van der Waals surface area (Å²) in [6.45, 7) is 4.22. The topological polar surface area (TPSA) is 24.1 Å². The molecule has 0 bridgehead atoms. The van der Waals surface area contributed by atoms with E-state index in [-0.39, 0.29) is 5.54 Å². The van der Waals surface area contributed by atoms with Gasteiger partial charge in [0.25, 0.3) is 0 Å². The zero-order chi connectivity index (χ0) is 16.3. The quantitative estimate of drug-likeness (QED) is 0.772. The average Bonchev–Trinajstić information content (AvgIpc) is 2.99. The largest absolute Gasteiger partial charge is 0.353 e. The molecule has 1 aliphatic rings. The maximum Gasteiger partial charge on any atom is 0.171 e. The monoisotopic (exact) mass is 324 g/mol. The Morgan fingerprint density at radius 1 is 0.870 bits per heavy atom. The molecule has 0 heterocycles. The third-order valence-corrected chi connectivity index (χ3v) is 4.93. The van der Waals surface area contributed by atoms with E-state index < -0.39 is 0 Å². The Kier molecular flexibility index (Phi) is 4.67. The van der Waals surface area contributed by atoms with Crippen LogP contribution in [0, 0.1) is 13.8 Å². The molecule has 0 unspecified atom stereocenters. The first-order chi connectivity index (χ1) is 11.1. The fraction of sp³-hybridized carbons (Fsp3) is 0.350. The number of benzene rings is 2. The Morgan fingerprint density at radius 2 is 1.39 bits per heavy atom. The van der Waals surface area contributed by atoms with Gasteiger partial charge >= 0.3 is 0 Å². The number of hydrogen-bond acceptors (Lipinski definition) is 1. The number of aryl methyl sites for hydroxylation is 2. The summed E-state index contributed by atoms with van der Waals surface area (Å²) in [4.78, 5) is 0. The minimum atomic E-state index is -0.0253. The van der Waals surface area contributed by atoms with Crippen LogP contribution in [0.2, 0.25) is 0 Å². The van der Waals surface area contributed by atoms with Crippen molar-refractivity contribution in [1.29, 1.82) is 0 Å². The van der Waals surface area contributed by atoms with Gasteiger partial charge in [-0.3, -0.25) is 0 Å². The molecule has 0 aliphatic heterocycles. The first kappa shape index (κ1) is 16.0. The summed E-state index contributed by atoms with van der Waals surface area (Å²) >= 11 is 5.58. The molecule has 3 heteroatoms. The Balaban J connectivity index is 1.75. The summed E-state index contributed by atoms with van der Waals surface area (Å²) in [6, 6.07) is 17.2. The van der Waals surface area contributed by atoms with Gasteiger partial charge in [0.05, 0.1) is 5.54 Å². The summed E-state index contributed by atoms with van der Waals surface area (Å²) in [5, 5.41) is 7.64. The fourth-order valence-electron chi connectivity index (χ4n) is 3.35. The lowest BCUT2D eigenvalue weighted by Crippen LogP contribution is -2.45. The number of anilines is 1. The molecule has 2 nitrogen and oxygen atoms in total. The van der Waals surface area contributed by atoms with E-state index in [1.54, 1.807) is 0 Å². The SMILES string of the molecule is Cc1ccc(NC(=S)NC2(c3ccc(C)cc3)CCCC2)cc1. The molecule has 2 aromatic carbocycles. The van der Waals surface area contributed by atoms with E-state index in [0.717, 1.165) is 18.5 Å². The zero-order valence-electron chi connectivity index (χ0n) is 13.9. The molecule has 2 N–H and O–H groups in total. The van der Waals surface area contributed by atoms with Gasteiger partial charge in [0, 0.05) is 5.69 Å². The molecule has 0 aromatic heterocycles. The maximum absolute atomic E-state index is 5.58. The number of nitrogens with one attached hydrogen (secondary N) is 2. The van der Waals surface area contributed by atoms with Crippen LogP contribution in [0.5, 0.6) is 0 Å². The van der Waals surface area contributed by atoms with Crippen molar-refractivity contribution in [1.82, 2.24) is 5.32 Å². The molecule has 0 amide bonds. The van der Waals surface area contributed by atoms with E-state index in [2.05, 4.69) is 73.0 Å². The first-order valence-corrected chi connectivity index (χ1v) is 8.71. The van der Waals surface area contributed by atoms with Crippen LogP contribution in [0.15, 0.2) is 48.5 Å². The molecule has 1 fully saturated rings. The lowest BCUT2D eigenvalue weighted by molar-refractivity contribution is 0.408. The maximum atomic E-state index is 5.58. The smallest absolute Gasteiger partial charge is 0.171 e. The average molecular weight is 324 g/mol. The standard InChI is InChI=1S/C20H24N2S/c1-15-5-9-17(10-6-15)20(13-3-4-14-20)22-19(23)21-18-11-7-16(2)8-12-18/h5-12H,3-4,13-14H2,1-2H3,(H2,21,22,23). The van der Waals surface area contributed by atoms with Crippen molar-refractivity contribution in [2.75, 3.05) is 5.32 Å². The molecule has 3 rings (SSSR count). The Morgan fingerprint density at radius 3 is 1.96 bits per heavy atom. The highest BCUT2D eigenvalue weighted by atomic mass is 32.1. The van der Waals surface area contributed by atoms with Gasteiger partial charge < -0.3 is 10.6 Å². The van der Waals surface area contributed by atoms with E-state index in [1.807, 2.05) is 0 Å². The summed E-state index contributed by atoms with van der Waals surface area (Å²) in [5.41, 5.74) is 4.89. The van der Waals surface area contributed by atoms with E-state index >= 15 is 0 Å². The Bertz CT molecular complexity index is 668. The normalized spacial score (nSPS) is 16.1. The van der Waals surface area contributed by atoms with Gasteiger partial charge in [-0.15, -0.1) is 0 Å². The summed E-state index contributed by atoms with van der Waals surface area (Å²) in [7, 11) is 0. The molecule has 0 saturated heterocycles. The van der Waals surface area contributed by atoms with Crippen molar-refractivity contribution in [3.05, 3.63) is 65.2 Å². The molecule has 0 radical (unpaired) electrons. The molecule has 120 valence electrons. The van der Waals surface area contributed by atoms with Gasteiger partial charge in [0.15, 0.2) is 5.11 Å². The molecule has 1 saturated carbocycles. The van der Waals surface area contributed by atoms with E-state index in [9.17, 15) is 0 Å². The molecule has 2 aromatic rings. The second kappa shape index (κ2) is 6.71. The molecule has 0 spiro atoms.